The molecule has 0 aliphatic heterocycles. The fourth-order valence-electron chi connectivity index (χ4n) is 3.62. The van der Waals surface area contributed by atoms with Crippen LogP contribution in [0.5, 0.6) is 0 Å². The number of hydrogen-bond donors (Lipinski definition) is 3. The molecule has 4 aromatic rings. The van der Waals surface area contributed by atoms with Gasteiger partial charge in [-0.25, -0.2) is 0 Å². The van der Waals surface area contributed by atoms with Gasteiger partial charge in [-0.2, -0.15) is 25.3 Å². The lowest BCUT2D eigenvalue weighted by Crippen LogP contribution is -2.02. The smallest absolute Gasteiger partial charge is 0.269 e. The Morgan fingerprint density at radius 1 is 0.455 bits per heavy atom. The van der Waals surface area contributed by atoms with Crippen molar-refractivity contribution in [1.82, 2.24) is 0 Å². The van der Waals surface area contributed by atoms with Crippen molar-refractivity contribution in [3.63, 3.8) is 0 Å². The van der Waals surface area contributed by atoms with E-state index in [0.717, 1.165) is 27.5 Å². The number of rotatable bonds is 6. The van der Waals surface area contributed by atoms with E-state index in [4.69, 9.17) is 13.7 Å². The fraction of sp³-hybridized carbons (Fsp3) is 0.312. The summed E-state index contributed by atoms with van der Waals surface area (Å²) in [5, 5.41) is 1.89. The molecule has 0 saturated heterocycles. The summed E-state index contributed by atoms with van der Waals surface area (Å²) >= 11 is 0. The van der Waals surface area contributed by atoms with Crippen LogP contribution in [0.25, 0.3) is 10.8 Å². The van der Waals surface area contributed by atoms with E-state index in [1.165, 1.54) is 0 Å². The molecular formula is C32H44O9S3. The Morgan fingerprint density at radius 2 is 0.795 bits per heavy atom. The number of benzene rings is 4. The molecule has 3 N–H and O–H groups in total. The van der Waals surface area contributed by atoms with Crippen LogP contribution in [-0.4, -0.2) is 38.9 Å². The standard InChI is InChI=1S/C12H12O3S.2C8H10O3S.2C2H6/c1-9-6-7-10(8-16(13,14)15)12-5-3-2-4-11(9)12;2*1-7-2-4-8(5-3-7)6-12(9,10)11;2*1-2/h2-7H,8H2,1H3,(H,13,14,15);2*2-5H,6H2,1H3,(H,9,10,11);2*1-2H3. The number of hydrogen-bond acceptors (Lipinski definition) is 6. The van der Waals surface area contributed by atoms with Gasteiger partial charge >= 0.3 is 0 Å². The van der Waals surface area contributed by atoms with E-state index in [1.807, 2.05) is 78.8 Å². The van der Waals surface area contributed by atoms with Crippen LogP contribution in [0.15, 0.2) is 84.9 Å². The summed E-state index contributed by atoms with van der Waals surface area (Å²) in [5.74, 6) is -0.964. The minimum atomic E-state index is -3.98. The third-order valence-corrected chi connectivity index (χ3v) is 7.58. The summed E-state index contributed by atoms with van der Waals surface area (Å²) in [5.41, 5.74) is 5.05. The summed E-state index contributed by atoms with van der Waals surface area (Å²) < 4.78 is 89.4. The highest BCUT2D eigenvalue weighted by molar-refractivity contribution is 7.85. The summed E-state index contributed by atoms with van der Waals surface area (Å²) in [6.45, 7) is 13.8. The molecule has 0 aliphatic rings. The van der Waals surface area contributed by atoms with E-state index in [9.17, 15) is 25.3 Å². The zero-order valence-electron chi connectivity index (χ0n) is 26.2. The quantitative estimate of drug-likeness (QED) is 0.178. The van der Waals surface area contributed by atoms with Crippen LogP contribution >= 0.6 is 0 Å². The molecular weight excluding hydrogens is 625 g/mol. The Morgan fingerprint density at radius 3 is 1.14 bits per heavy atom. The van der Waals surface area contributed by atoms with Gasteiger partial charge < -0.3 is 0 Å². The molecule has 0 radical (unpaired) electrons. The first-order chi connectivity index (χ1) is 20.4. The van der Waals surface area contributed by atoms with Crippen LogP contribution in [0.3, 0.4) is 0 Å². The van der Waals surface area contributed by atoms with Crippen molar-refractivity contribution in [2.45, 2.75) is 65.7 Å². The van der Waals surface area contributed by atoms with Crippen LogP contribution in [0, 0.1) is 20.8 Å². The van der Waals surface area contributed by atoms with Crippen molar-refractivity contribution >= 4 is 41.1 Å². The van der Waals surface area contributed by atoms with E-state index in [1.54, 1.807) is 54.6 Å². The topological polar surface area (TPSA) is 163 Å². The van der Waals surface area contributed by atoms with E-state index < -0.39 is 30.4 Å². The first kappa shape index (κ1) is 40.9. The highest BCUT2D eigenvalue weighted by Crippen LogP contribution is 2.23. The van der Waals surface area contributed by atoms with Gasteiger partial charge in [-0.1, -0.05) is 124 Å². The second-order valence-corrected chi connectivity index (χ2v) is 13.6. The van der Waals surface area contributed by atoms with Gasteiger partial charge in [0.25, 0.3) is 30.4 Å². The molecule has 0 spiro atoms. The summed E-state index contributed by atoms with van der Waals surface area (Å²) in [4.78, 5) is 0. The molecule has 0 fully saturated rings. The van der Waals surface area contributed by atoms with Crippen molar-refractivity contribution in [3.8, 4) is 0 Å². The van der Waals surface area contributed by atoms with Gasteiger partial charge in [0.15, 0.2) is 0 Å². The predicted molar refractivity (Wildman–Crippen MR) is 179 cm³/mol. The molecule has 0 atom stereocenters. The second kappa shape index (κ2) is 19.3. The lowest BCUT2D eigenvalue weighted by Gasteiger charge is -2.07. The second-order valence-electron chi connectivity index (χ2n) is 9.24. The zero-order valence-corrected chi connectivity index (χ0v) is 28.7. The highest BCUT2D eigenvalue weighted by atomic mass is 32.2. The minimum absolute atomic E-state index is 0.312. The Bertz CT molecular complexity index is 1670. The van der Waals surface area contributed by atoms with Crippen molar-refractivity contribution in [2.75, 3.05) is 0 Å². The lowest BCUT2D eigenvalue weighted by molar-refractivity contribution is 0.479. The molecule has 0 bridgehead atoms. The van der Waals surface area contributed by atoms with Crippen molar-refractivity contribution in [1.29, 1.82) is 0 Å². The van der Waals surface area contributed by atoms with Gasteiger partial charge in [-0.15, -0.1) is 0 Å². The van der Waals surface area contributed by atoms with Crippen LogP contribution in [0.1, 0.15) is 61.1 Å². The third-order valence-electron chi connectivity index (χ3n) is 5.51. The maximum absolute atomic E-state index is 10.9. The molecule has 9 nitrogen and oxygen atoms in total. The Kier molecular flexibility index (Phi) is 17.9. The predicted octanol–water partition coefficient (Wildman–Crippen LogP) is 7.35. The third kappa shape index (κ3) is 17.9. The normalized spacial score (nSPS) is 10.9. The van der Waals surface area contributed by atoms with E-state index in [2.05, 4.69) is 0 Å². The number of fused-ring (bicyclic) bond motifs is 1. The van der Waals surface area contributed by atoms with Crippen LogP contribution in [0.4, 0.5) is 0 Å². The van der Waals surface area contributed by atoms with Crippen molar-refractivity contribution < 1.29 is 38.9 Å². The molecule has 244 valence electrons. The lowest BCUT2D eigenvalue weighted by atomic mass is 10.0. The minimum Gasteiger partial charge on any atom is -0.285 e. The Labute approximate surface area is 263 Å². The average molecular weight is 669 g/mol. The van der Waals surface area contributed by atoms with Gasteiger partial charge in [-0.3, -0.25) is 13.7 Å². The molecule has 12 heteroatoms. The molecule has 0 unspecified atom stereocenters. The van der Waals surface area contributed by atoms with E-state index >= 15 is 0 Å². The van der Waals surface area contributed by atoms with Gasteiger partial charge in [-0.05, 0) is 53.8 Å². The first-order valence-corrected chi connectivity index (χ1v) is 18.7. The molecule has 0 amide bonds. The average Bonchev–Trinajstić information content (AvgIpc) is 2.94. The molecule has 4 aromatic carbocycles. The summed E-state index contributed by atoms with van der Waals surface area (Å²) in [6.07, 6.45) is 0. The first-order valence-electron chi connectivity index (χ1n) is 13.9. The largest absolute Gasteiger partial charge is 0.285 e. The molecule has 44 heavy (non-hydrogen) atoms. The van der Waals surface area contributed by atoms with Gasteiger partial charge in [0.05, 0.1) is 0 Å². The molecule has 4 rings (SSSR count). The maximum Gasteiger partial charge on any atom is 0.269 e. The van der Waals surface area contributed by atoms with Crippen molar-refractivity contribution in [2.24, 2.45) is 0 Å². The highest BCUT2D eigenvalue weighted by Gasteiger charge is 2.10. The molecule has 0 heterocycles. The van der Waals surface area contributed by atoms with Gasteiger partial charge in [0.1, 0.15) is 17.3 Å². The van der Waals surface area contributed by atoms with Gasteiger partial charge in [0, 0.05) is 0 Å². The van der Waals surface area contributed by atoms with Crippen LogP contribution < -0.4 is 0 Å². The maximum atomic E-state index is 10.9. The van der Waals surface area contributed by atoms with Crippen molar-refractivity contribution in [3.05, 3.63) is 118 Å². The summed E-state index contributed by atoms with van der Waals surface area (Å²) in [7, 11) is -11.8. The molecule has 0 saturated carbocycles. The molecule has 0 aromatic heterocycles. The van der Waals surface area contributed by atoms with E-state index in [0.29, 0.717) is 16.7 Å². The number of aryl methyl sites for hydroxylation is 3. The zero-order chi connectivity index (χ0) is 34.1. The van der Waals surface area contributed by atoms with E-state index in [-0.39, 0.29) is 17.3 Å². The van der Waals surface area contributed by atoms with Gasteiger partial charge in [0.2, 0.25) is 0 Å². The Hall–Kier alpha value is -3.13. The fourth-order valence-corrected chi connectivity index (χ4v) is 5.50. The van der Waals surface area contributed by atoms with Crippen LogP contribution in [0.2, 0.25) is 0 Å². The Balaban J connectivity index is 0.000000604. The molecule has 0 aliphatic carbocycles. The summed E-state index contributed by atoms with van der Waals surface area (Å²) in [6, 6.07) is 25.1. The van der Waals surface area contributed by atoms with Crippen LogP contribution in [-0.2, 0) is 47.6 Å². The monoisotopic (exact) mass is 668 g/mol. The SMILES string of the molecule is CC.CC.Cc1ccc(CS(=O)(=O)O)c2ccccc12.Cc1ccc(CS(=O)(=O)O)cc1.Cc1ccc(CS(=O)(=O)O)cc1.